The summed E-state index contributed by atoms with van der Waals surface area (Å²) in [6.07, 6.45) is 9.49. The summed E-state index contributed by atoms with van der Waals surface area (Å²) in [5.74, 6) is 0.521. The zero-order valence-corrected chi connectivity index (χ0v) is 20.4. The van der Waals surface area contributed by atoms with Gasteiger partial charge in [0.1, 0.15) is 5.15 Å². The molecule has 3 aromatic heterocycles. The lowest BCUT2D eigenvalue weighted by molar-refractivity contribution is 0.573. The van der Waals surface area contributed by atoms with E-state index in [2.05, 4.69) is 39.5 Å². The predicted molar refractivity (Wildman–Crippen MR) is 134 cm³/mol. The molecule has 0 bridgehead atoms. The third-order valence-corrected chi connectivity index (χ3v) is 6.45. The van der Waals surface area contributed by atoms with Crippen molar-refractivity contribution in [2.45, 2.75) is 65.5 Å². The summed E-state index contributed by atoms with van der Waals surface area (Å²) in [7, 11) is 0. The molecule has 0 fully saturated rings. The van der Waals surface area contributed by atoms with Gasteiger partial charge in [-0.1, -0.05) is 69.0 Å². The quantitative estimate of drug-likeness (QED) is 0.301. The highest BCUT2D eigenvalue weighted by Crippen LogP contribution is 2.29. The molecule has 0 atom stereocenters. The fraction of sp³-hybridized carbons (Fsp3) is 0.400. The van der Waals surface area contributed by atoms with E-state index in [0.29, 0.717) is 24.1 Å². The number of tetrazole rings is 1. The van der Waals surface area contributed by atoms with Crippen molar-refractivity contribution in [3.63, 3.8) is 0 Å². The van der Waals surface area contributed by atoms with Crippen molar-refractivity contribution in [3.8, 4) is 22.5 Å². The number of pyridine rings is 1. The molecule has 3 heterocycles. The smallest absolute Gasteiger partial charge is 0.290 e. The zero-order valence-electron chi connectivity index (χ0n) is 19.7. The van der Waals surface area contributed by atoms with Crippen molar-refractivity contribution in [2.24, 2.45) is 0 Å². The van der Waals surface area contributed by atoms with Crippen LogP contribution in [0.2, 0.25) is 5.15 Å². The first-order valence-electron chi connectivity index (χ1n) is 11.9. The maximum Gasteiger partial charge on any atom is 0.329 e. The van der Waals surface area contributed by atoms with Crippen LogP contribution in [0.25, 0.3) is 22.5 Å². The SMILES string of the molecule is CCCCCn1c(Cl)c(CCCC)n(Cc2ccc(-c3cnccc3-c3nn[nH]n3)cc2)c1=O. The number of hydrogen-bond donors (Lipinski definition) is 1. The average Bonchev–Trinajstić information content (AvgIpc) is 3.47. The molecule has 1 N–H and O–H groups in total. The van der Waals surface area contributed by atoms with Crippen LogP contribution in [-0.4, -0.2) is 34.7 Å². The van der Waals surface area contributed by atoms with E-state index >= 15 is 0 Å². The lowest BCUT2D eigenvalue weighted by Gasteiger charge is -2.10. The standard InChI is InChI=1S/C25H30ClN7O/c1-3-5-7-15-32-23(26)22(8-6-4-2)33(25(32)34)17-18-9-11-19(12-10-18)21-16-27-14-13-20(21)24-28-30-31-29-24/h9-14,16H,3-8,15,17H2,1-2H3,(H,28,29,30,31). The molecule has 4 aromatic rings. The van der Waals surface area contributed by atoms with Crippen LogP contribution in [-0.2, 0) is 19.5 Å². The summed E-state index contributed by atoms with van der Waals surface area (Å²) in [5, 5.41) is 14.9. The Morgan fingerprint density at radius 2 is 1.76 bits per heavy atom. The molecule has 9 heteroatoms. The average molecular weight is 480 g/mol. The van der Waals surface area contributed by atoms with Crippen LogP contribution in [0.1, 0.15) is 57.2 Å². The molecule has 0 spiro atoms. The van der Waals surface area contributed by atoms with Crippen LogP contribution in [0.4, 0.5) is 0 Å². The maximum atomic E-state index is 13.2. The van der Waals surface area contributed by atoms with E-state index < -0.39 is 0 Å². The van der Waals surface area contributed by atoms with Gasteiger partial charge in [0.2, 0.25) is 5.82 Å². The molecule has 0 saturated carbocycles. The first-order valence-corrected chi connectivity index (χ1v) is 12.3. The maximum absolute atomic E-state index is 13.2. The molecule has 8 nitrogen and oxygen atoms in total. The fourth-order valence-electron chi connectivity index (χ4n) is 4.14. The van der Waals surface area contributed by atoms with Crippen LogP contribution in [0.5, 0.6) is 0 Å². The van der Waals surface area contributed by atoms with Crippen LogP contribution in [0.3, 0.4) is 0 Å². The van der Waals surface area contributed by atoms with Crippen molar-refractivity contribution in [1.82, 2.24) is 34.7 Å². The van der Waals surface area contributed by atoms with Gasteiger partial charge in [0.25, 0.3) is 0 Å². The van der Waals surface area contributed by atoms with E-state index in [-0.39, 0.29) is 5.69 Å². The second-order valence-corrected chi connectivity index (χ2v) is 8.78. The van der Waals surface area contributed by atoms with Gasteiger partial charge in [-0.3, -0.25) is 14.1 Å². The molecule has 34 heavy (non-hydrogen) atoms. The largest absolute Gasteiger partial charge is 0.329 e. The van der Waals surface area contributed by atoms with Crippen molar-refractivity contribution < 1.29 is 0 Å². The van der Waals surface area contributed by atoms with Gasteiger partial charge in [-0.2, -0.15) is 5.21 Å². The number of hydrogen-bond acceptors (Lipinski definition) is 5. The summed E-state index contributed by atoms with van der Waals surface area (Å²) in [6.45, 7) is 5.46. The molecular formula is C25H30ClN7O. The van der Waals surface area contributed by atoms with Gasteiger partial charge in [-0.15, -0.1) is 10.2 Å². The van der Waals surface area contributed by atoms with Gasteiger partial charge >= 0.3 is 5.69 Å². The minimum Gasteiger partial charge on any atom is -0.290 e. The number of aromatic amines is 1. The number of rotatable bonds is 11. The third kappa shape index (κ3) is 5.12. The van der Waals surface area contributed by atoms with Gasteiger partial charge in [-0.25, -0.2) is 4.79 Å². The van der Waals surface area contributed by atoms with E-state index in [1.54, 1.807) is 17.0 Å². The Labute approximate surface area is 204 Å². The second kappa shape index (κ2) is 11.2. The lowest BCUT2D eigenvalue weighted by Crippen LogP contribution is -2.25. The van der Waals surface area contributed by atoms with E-state index in [1.807, 2.05) is 34.9 Å². The molecule has 0 aliphatic carbocycles. The number of nitrogens with zero attached hydrogens (tertiary/aromatic N) is 6. The van der Waals surface area contributed by atoms with Crippen LogP contribution < -0.4 is 5.69 Å². The highest BCUT2D eigenvalue weighted by atomic mass is 35.5. The Kier molecular flexibility index (Phi) is 7.90. The number of nitrogens with one attached hydrogen (secondary N) is 1. The number of imidazole rings is 1. The first kappa shape index (κ1) is 23.9. The highest BCUT2D eigenvalue weighted by Gasteiger charge is 2.18. The van der Waals surface area contributed by atoms with E-state index in [4.69, 9.17) is 11.6 Å². The van der Waals surface area contributed by atoms with Crippen LogP contribution >= 0.6 is 11.6 Å². The van der Waals surface area contributed by atoms with Gasteiger partial charge in [0.05, 0.1) is 12.2 Å². The molecule has 0 aliphatic rings. The molecule has 0 unspecified atom stereocenters. The van der Waals surface area contributed by atoms with Gasteiger partial charge < -0.3 is 0 Å². The van der Waals surface area contributed by atoms with Gasteiger partial charge in [0, 0.05) is 30.1 Å². The number of unbranched alkanes of at least 4 members (excludes halogenated alkanes) is 3. The number of halogens is 1. The molecule has 178 valence electrons. The summed E-state index contributed by atoms with van der Waals surface area (Å²) in [5.41, 5.74) is 4.71. The molecule has 0 aliphatic heterocycles. The van der Waals surface area contributed by atoms with Gasteiger partial charge in [0.15, 0.2) is 0 Å². The van der Waals surface area contributed by atoms with Crippen molar-refractivity contribution in [3.05, 3.63) is 69.6 Å². The number of H-pyrrole nitrogens is 1. The van der Waals surface area contributed by atoms with E-state index in [0.717, 1.165) is 66.5 Å². The topological polar surface area (TPSA) is 94.3 Å². The fourth-order valence-corrected chi connectivity index (χ4v) is 4.49. The monoisotopic (exact) mass is 479 g/mol. The Morgan fingerprint density at radius 1 is 0.971 bits per heavy atom. The summed E-state index contributed by atoms with van der Waals surface area (Å²) in [6, 6.07) is 10.0. The zero-order chi connectivity index (χ0) is 23.9. The van der Waals surface area contributed by atoms with E-state index in [9.17, 15) is 4.79 Å². The van der Waals surface area contributed by atoms with Crippen LogP contribution in [0, 0.1) is 0 Å². The van der Waals surface area contributed by atoms with Crippen molar-refractivity contribution in [2.75, 3.05) is 0 Å². The van der Waals surface area contributed by atoms with Crippen LogP contribution in [0.15, 0.2) is 47.5 Å². The lowest BCUT2D eigenvalue weighted by atomic mass is 10.0. The normalized spacial score (nSPS) is 11.3. The minimum atomic E-state index is -0.0251. The third-order valence-electron chi connectivity index (χ3n) is 6.03. The molecule has 0 amide bonds. The molecule has 0 radical (unpaired) electrons. The Bertz CT molecular complexity index is 1260. The van der Waals surface area contributed by atoms with E-state index in [1.165, 1.54) is 0 Å². The first-order chi connectivity index (χ1) is 16.6. The molecular weight excluding hydrogens is 450 g/mol. The predicted octanol–water partition coefficient (Wildman–Crippen LogP) is 5.13. The Morgan fingerprint density at radius 3 is 2.47 bits per heavy atom. The van der Waals surface area contributed by atoms with Gasteiger partial charge in [-0.05, 0) is 41.7 Å². The minimum absolute atomic E-state index is 0.0251. The Balaban J connectivity index is 1.62. The molecule has 0 saturated heterocycles. The summed E-state index contributed by atoms with van der Waals surface area (Å²) < 4.78 is 3.58. The van der Waals surface area contributed by atoms with Crippen molar-refractivity contribution in [1.29, 1.82) is 0 Å². The summed E-state index contributed by atoms with van der Waals surface area (Å²) in [4.78, 5) is 17.5. The number of benzene rings is 1. The summed E-state index contributed by atoms with van der Waals surface area (Å²) >= 11 is 6.70. The second-order valence-electron chi connectivity index (χ2n) is 8.42. The number of aromatic nitrogens is 7. The Hall–Kier alpha value is -3.26. The van der Waals surface area contributed by atoms with Crippen molar-refractivity contribution >= 4 is 11.6 Å². The molecule has 1 aromatic carbocycles. The molecule has 4 rings (SSSR count). The highest BCUT2D eigenvalue weighted by molar-refractivity contribution is 6.30.